The summed E-state index contributed by atoms with van der Waals surface area (Å²) in [6.07, 6.45) is 1.96. The number of tetrazole rings is 1. The second-order valence-corrected chi connectivity index (χ2v) is 6.71. The average Bonchev–Trinajstić information content (AvgIpc) is 3.22. The zero-order valence-corrected chi connectivity index (χ0v) is 14.4. The van der Waals surface area contributed by atoms with E-state index in [1.807, 2.05) is 48.1 Å². The molecule has 0 fully saturated rings. The van der Waals surface area contributed by atoms with Crippen LogP contribution in [0.4, 0.5) is 0 Å². The molecule has 0 saturated heterocycles. The standard InChI is InChI=1S/C16H22N8/c1-12(17-10-13-11-23(21-18-13)16(2,3)4)15-19-20-22-24(15)14-8-6-5-7-9-14/h5-9,11-12,17H,10H2,1-4H3. The third kappa shape index (κ3) is 3.48. The highest BCUT2D eigenvalue weighted by molar-refractivity contribution is 5.30. The lowest BCUT2D eigenvalue weighted by molar-refractivity contribution is 0.347. The number of aromatic nitrogens is 7. The lowest BCUT2D eigenvalue weighted by Crippen LogP contribution is -2.23. The quantitative estimate of drug-likeness (QED) is 0.770. The van der Waals surface area contributed by atoms with Crippen molar-refractivity contribution in [3.63, 3.8) is 0 Å². The molecule has 2 aromatic heterocycles. The Labute approximate surface area is 140 Å². The van der Waals surface area contributed by atoms with Gasteiger partial charge in [-0.05, 0) is 50.3 Å². The maximum atomic E-state index is 4.21. The molecule has 2 heterocycles. The summed E-state index contributed by atoms with van der Waals surface area (Å²) in [5.41, 5.74) is 1.74. The van der Waals surface area contributed by atoms with E-state index in [-0.39, 0.29) is 11.6 Å². The maximum Gasteiger partial charge on any atom is 0.173 e. The van der Waals surface area contributed by atoms with E-state index in [9.17, 15) is 0 Å². The Morgan fingerprint density at radius 3 is 2.50 bits per heavy atom. The predicted octanol–water partition coefficient (Wildman–Crippen LogP) is 1.86. The van der Waals surface area contributed by atoms with Crippen molar-refractivity contribution < 1.29 is 0 Å². The molecule has 1 unspecified atom stereocenters. The molecule has 0 bridgehead atoms. The van der Waals surface area contributed by atoms with Crippen molar-refractivity contribution in [2.75, 3.05) is 0 Å². The van der Waals surface area contributed by atoms with E-state index in [0.29, 0.717) is 6.54 Å². The number of nitrogens with one attached hydrogen (secondary N) is 1. The van der Waals surface area contributed by atoms with Crippen LogP contribution in [-0.2, 0) is 12.1 Å². The summed E-state index contributed by atoms with van der Waals surface area (Å²) in [7, 11) is 0. The van der Waals surface area contributed by atoms with Crippen molar-refractivity contribution in [1.29, 1.82) is 0 Å². The second-order valence-electron chi connectivity index (χ2n) is 6.71. The highest BCUT2D eigenvalue weighted by atomic mass is 15.5. The molecule has 3 aromatic rings. The molecule has 0 aliphatic heterocycles. The number of rotatable bonds is 5. The van der Waals surface area contributed by atoms with Gasteiger partial charge in [0.25, 0.3) is 0 Å². The fourth-order valence-corrected chi connectivity index (χ4v) is 2.27. The zero-order valence-electron chi connectivity index (χ0n) is 14.4. The van der Waals surface area contributed by atoms with Gasteiger partial charge in [-0.25, -0.2) is 4.68 Å². The van der Waals surface area contributed by atoms with Crippen molar-refractivity contribution in [2.24, 2.45) is 0 Å². The minimum Gasteiger partial charge on any atom is -0.302 e. The van der Waals surface area contributed by atoms with Crippen LogP contribution >= 0.6 is 0 Å². The van der Waals surface area contributed by atoms with Crippen LogP contribution < -0.4 is 5.32 Å². The van der Waals surface area contributed by atoms with E-state index in [4.69, 9.17) is 0 Å². The molecule has 0 spiro atoms. The van der Waals surface area contributed by atoms with Gasteiger partial charge < -0.3 is 5.32 Å². The first-order valence-electron chi connectivity index (χ1n) is 7.94. The first-order valence-corrected chi connectivity index (χ1v) is 7.94. The summed E-state index contributed by atoms with van der Waals surface area (Å²) in [5.74, 6) is 0.754. The molecule has 1 atom stereocenters. The number of hydrogen-bond donors (Lipinski definition) is 1. The van der Waals surface area contributed by atoms with E-state index < -0.39 is 0 Å². The van der Waals surface area contributed by atoms with Gasteiger partial charge in [0.2, 0.25) is 0 Å². The van der Waals surface area contributed by atoms with Gasteiger partial charge in [-0.3, -0.25) is 0 Å². The molecular weight excluding hydrogens is 304 g/mol. The first kappa shape index (κ1) is 16.3. The molecule has 8 heteroatoms. The van der Waals surface area contributed by atoms with Crippen molar-refractivity contribution in [3.05, 3.63) is 48.0 Å². The maximum absolute atomic E-state index is 4.21. The number of hydrogen-bond acceptors (Lipinski definition) is 6. The lowest BCUT2D eigenvalue weighted by atomic mass is 10.1. The van der Waals surface area contributed by atoms with Crippen LogP contribution in [0.2, 0.25) is 0 Å². The smallest absolute Gasteiger partial charge is 0.173 e. The van der Waals surface area contributed by atoms with Gasteiger partial charge in [-0.2, -0.15) is 4.68 Å². The second kappa shape index (κ2) is 6.48. The highest BCUT2D eigenvalue weighted by Crippen LogP contribution is 2.15. The molecule has 126 valence electrons. The van der Waals surface area contributed by atoms with Gasteiger partial charge in [0, 0.05) is 6.54 Å². The Kier molecular flexibility index (Phi) is 4.39. The fraction of sp³-hybridized carbons (Fsp3) is 0.438. The normalized spacial score (nSPS) is 13.2. The number of nitrogens with zero attached hydrogens (tertiary/aromatic N) is 7. The Bertz CT molecular complexity index is 784. The average molecular weight is 326 g/mol. The number of benzene rings is 1. The molecule has 0 aliphatic rings. The first-order chi connectivity index (χ1) is 11.4. The van der Waals surface area contributed by atoms with Crippen LogP contribution in [0, 0.1) is 0 Å². The van der Waals surface area contributed by atoms with Crippen LogP contribution in [0.3, 0.4) is 0 Å². The van der Waals surface area contributed by atoms with Crippen molar-refractivity contribution in [2.45, 2.75) is 45.8 Å². The molecule has 0 amide bonds. The molecule has 0 saturated carbocycles. The van der Waals surface area contributed by atoms with Crippen LogP contribution in [0.25, 0.3) is 5.69 Å². The van der Waals surface area contributed by atoms with Crippen LogP contribution in [-0.4, -0.2) is 35.2 Å². The van der Waals surface area contributed by atoms with Gasteiger partial charge in [0.1, 0.15) is 0 Å². The number of para-hydroxylation sites is 1. The van der Waals surface area contributed by atoms with E-state index >= 15 is 0 Å². The van der Waals surface area contributed by atoms with Crippen LogP contribution in [0.1, 0.15) is 45.3 Å². The summed E-state index contributed by atoms with van der Waals surface area (Å²) in [5, 5.41) is 23.8. The molecule has 0 aliphatic carbocycles. The minimum absolute atomic E-state index is 0.0278. The van der Waals surface area contributed by atoms with Crippen molar-refractivity contribution in [3.8, 4) is 5.69 Å². The summed E-state index contributed by atoms with van der Waals surface area (Å²) in [6, 6.07) is 9.81. The molecular formula is C16H22N8. The summed E-state index contributed by atoms with van der Waals surface area (Å²) >= 11 is 0. The fourth-order valence-electron chi connectivity index (χ4n) is 2.27. The van der Waals surface area contributed by atoms with E-state index in [1.165, 1.54) is 0 Å². The Morgan fingerprint density at radius 2 is 1.83 bits per heavy atom. The van der Waals surface area contributed by atoms with Gasteiger partial charge in [-0.1, -0.05) is 23.4 Å². The molecule has 0 radical (unpaired) electrons. The van der Waals surface area contributed by atoms with Crippen molar-refractivity contribution in [1.82, 2.24) is 40.5 Å². The Hall–Kier alpha value is -2.61. The van der Waals surface area contributed by atoms with Crippen LogP contribution in [0.5, 0.6) is 0 Å². The summed E-state index contributed by atoms with van der Waals surface area (Å²) in [6.45, 7) is 8.90. The molecule has 3 rings (SSSR count). The van der Waals surface area contributed by atoms with Crippen molar-refractivity contribution >= 4 is 0 Å². The third-order valence-corrected chi connectivity index (χ3v) is 3.70. The van der Waals surface area contributed by atoms with Gasteiger partial charge >= 0.3 is 0 Å². The third-order valence-electron chi connectivity index (χ3n) is 3.70. The van der Waals surface area contributed by atoms with E-state index in [0.717, 1.165) is 17.2 Å². The minimum atomic E-state index is -0.0751. The van der Waals surface area contributed by atoms with Gasteiger partial charge in [0.05, 0.1) is 29.2 Å². The SMILES string of the molecule is CC(NCc1cn(C(C)(C)C)nn1)c1nnnn1-c1ccccc1. The van der Waals surface area contributed by atoms with Gasteiger partial charge in [0.15, 0.2) is 5.82 Å². The van der Waals surface area contributed by atoms with E-state index in [1.54, 1.807) is 4.68 Å². The van der Waals surface area contributed by atoms with E-state index in [2.05, 4.69) is 51.9 Å². The topological polar surface area (TPSA) is 86.3 Å². The molecule has 1 N–H and O–H groups in total. The largest absolute Gasteiger partial charge is 0.302 e. The summed E-state index contributed by atoms with van der Waals surface area (Å²) in [4.78, 5) is 0. The zero-order chi connectivity index (χ0) is 17.2. The monoisotopic (exact) mass is 326 g/mol. The lowest BCUT2D eigenvalue weighted by Gasteiger charge is -2.17. The molecule has 1 aromatic carbocycles. The Balaban J connectivity index is 1.69. The summed E-state index contributed by atoms with van der Waals surface area (Å²) < 4.78 is 3.60. The predicted molar refractivity (Wildman–Crippen MR) is 89.4 cm³/mol. The van der Waals surface area contributed by atoms with Crippen LogP contribution in [0.15, 0.2) is 36.5 Å². The molecule has 8 nitrogen and oxygen atoms in total. The molecule has 24 heavy (non-hydrogen) atoms. The van der Waals surface area contributed by atoms with Gasteiger partial charge in [-0.15, -0.1) is 10.2 Å². The Morgan fingerprint density at radius 1 is 1.08 bits per heavy atom. The highest BCUT2D eigenvalue weighted by Gasteiger charge is 2.18.